The van der Waals surface area contributed by atoms with Crippen LogP contribution in [0.3, 0.4) is 0 Å². The number of hydrogen-bond acceptors (Lipinski definition) is 2. The molecule has 0 aromatic heterocycles. The van der Waals surface area contributed by atoms with E-state index in [4.69, 9.17) is 0 Å². The molecule has 1 aliphatic carbocycles. The van der Waals surface area contributed by atoms with Crippen LogP contribution in [0.2, 0.25) is 0 Å². The van der Waals surface area contributed by atoms with Gasteiger partial charge >= 0.3 is 5.97 Å². The van der Waals surface area contributed by atoms with Gasteiger partial charge in [0.25, 0.3) is 0 Å². The average molecular weight is 405 g/mol. The van der Waals surface area contributed by atoms with Gasteiger partial charge in [-0.3, -0.25) is 4.79 Å². The van der Waals surface area contributed by atoms with Crippen LogP contribution in [-0.4, -0.2) is 17.0 Å². The van der Waals surface area contributed by atoms with E-state index in [0.717, 1.165) is 5.56 Å². The van der Waals surface area contributed by atoms with Crippen molar-refractivity contribution in [1.29, 1.82) is 0 Å². The Morgan fingerprint density at radius 2 is 1.80 bits per heavy atom. The summed E-state index contributed by atoms with van der Waals surface area (Å²) < 4.78 is 27.6. The number of nitrogens with zero attached hydrogens (tertiary/aromatic N) is 1. The van der Waals surface area contributed by atoms with Crippen LogP contribution < -0.4 is 4.90 Å². The zero-order chi connectivity index (χ0) is 21.0. The van der Waals surface area contributed by atoms with E-state index in [-0.39, 0.29) is 29.8 Å². The van der Waals surface area contributed by atoms with Crippen LogP contribution in [0.15, 0.2) is 66.7 Å². The molecule has 1 N–H and O–H groups in total. The molecule has 1 aliphatic heterocycles. The summed E-state index contributed by atoms with van der Waals surface area (Å²) in [6, 6.07) is 16.9. The molecule has 2 unspecified atom stereocenters. The summed E-state index contributed by atoms with van der Waals surface area (Å²) >= 11 is 0. The SMILES string of the molecule is O=C(O)c1ccc2c(c1)C1(CC1c1ccc(F)cc1)C(=O)N2Cc1ccccc1F. The van der Waals surface area contributed by atoms with Crippen LogP contribution in [0.1, 0.15) is 39.4 Å². The number of anilines is 1. The number of halogens is 2. The molecule has 1 amide bonds. The van der Waals surface area contributed by atoms with Gasteiger partial charge in [0, 0.05) is 17.2 Å². The van der Waals surface area contributed by atoms with Gasteiger partial charge in [-0.05, 0) is 53.9 Å². The van der Waals surface area contributed by atoms with E-state index in [1.807, 2.05) is 0 Å². The number of benzene rings is 3. The molecule has 0 radical (unpaired) electrons. The molecule has 1 saturated carbocycles. The van der Waals surface area contributed by atoms with Crippen LogP contribution in [0, 0.1) is 11.6 Å². The molecule has 4 nitrogen and oxygen atoms in total. The number of fused-ring (bicyclic) bond motifs is 2. The first-order chi connectivity index (χ1) is 14.4. The van der Waals surface area contributed by atoms with Gasteiger partial charge in [-0.2, -0.15) is 0 Å². The number of carboxylic acids is 1. The maximum atomic E-state index is 14.3. The van der Waals surface area contributed by atoms with E-state index in [9.17, 15) is 23.5 Å². The van der Waals surface area contributed by atoms with E-state index < -0.39 is 17.2 Å². The predicted molar refractivity (Wildman–Crippen MR) is 106 cm³/mol. The Morgan fingerprint density at radius 1 is 1.07 bits per heavy atom. The number of aromatic carboxylic acids is 1. The van der Waals surface area contributed by atoms with E-state index in [1.54, 1.807) is 42.5 Å². The van der Waals surface area contributed by atoms with Crippen LogP contribution in [0.5, 0.6) is 0 Å². The second-order valence-electron chi connectivity index (χ2n) is 7.80. The average Bonchev–Trinajstić information content (AvgIpc) is 3.45. The summed E-state index contributed by atoms with van der Waals surface area (Å²) in [6.07, 6.45) is 0.501. The molecule has 3 aromatic carbocycles. The molecule has 6 heteroatoms. The fraction of sp³-hybridized carbons (Fsp3) is 0.167. The minimum absolute atomic E-state index is 0.0583. The largest absolute Gasteiger partial charge is 0.478 e. The molecule has 5 rings (SSSR count). The highest BCUT2D eigenvalue weighted by Gasteiger charge is 2.67. The molecule has 150 valence electrons. The summed E-state index contributed by atoms with van der Waals surface area (Å²) in [6.45, 7) is 0.0583. The lowest BCUT2D eigenvalue weighted by Crippen LogP contribution is -2.32. The standard InChI is InChI=1S/C24H17F2NO3/c25-17-8-5-14(6-9-17)19-12-24(19)18-11-15(22(28)29)7-10-21(18)27(23(24)30)13-16-3-1-2-4-20(16)26/h1-11,19H,12-13H2,(H,28,29). The summed E-state index contributed by atoms with van der Waals surface area (Å²) in [5.41, 5.74) is 1.64. The fourth-order valence-electron chi connectivity index (χ4n) is 4.58. The van der Waals surface area contributed by atoms with Crippen LogP contribution in [0.25, 0.3) is 0 Å². The topological polar surface area (TPSA) is 57.6 Å². The van der Waals surface area contributed by atoms with Crippen LogP contribution >= 0.6 is 0 Å². The van der Waals surface area contributed by atoms with E-state index in [2.05, 4.69) is 0 Å². The Morgan fingerprint density at radius 3 is 2.50 bits per heavy atom. The maximum absolute atomic E-state index is 14.3. The Kier molecular flexibility index (Phi) is 4.00. The van der Waals surface area contributed by atoms with Crippen molar-refractivity contribution in [1.82, 2.24) is 0 Å². The Bertz CT molecular complexity index is 1190. The lowest BCUT2D eigenvalue weighted by atomic mass is 9.91. The first-order valence-electron chi connectivity index (χ1n) is 9.60. The molecule has 1 heterocycles. The van der Waals surface area contributed by atoms with Crippen molar-refractivity contribution < 1.29 is 23.5 Å². The van der Waals surface area contributed by atoms with E-state index >= 15 is 0 Å². The lowest BCUT2D eigenvalue weighted by Gasteiger charge is -2.19. The predicted octanol–water partition coefficient (Wildman–Crippen LogP) is 4.64. The number of rotatable bonds is 4. The molecule has 0 saturated heterocycles. The third-order valence-electron chi connectivity index (χ3n) is 6.16. The fourth-order valence-corrected chi connectivity index (χ4v) is 4.58. The Labute approximate surface area is 171 Å². The molecule has 3 aromatic rings. The number of carbonyl (C=O) groups excluding carboxylic acids is 1. The third-order valence-corrected chi connectivity index (χ3v) is 6.16. The highest BCUT2D eigenvalue weighted by molar-refractivity contribution is 6.12. The van der Waals surface area contributed by atoms with Gasteiger partial charge in [-0.25, -0.2) is 13.6 Å². The monoisotopic (exact) mass is 405 g/mol. The van der Waals surface area contributed by atoms with E-state index in [1.165, 1.54) is 29.2 Å². The second-order valence-corrected chi connectivity index (χ2v) is 7.80. The summed E-state index contributed by atoms with van der Waals surface area (Å²) in [4.78, 5) is 26.6. The molecule has 2 atom stereocenters. The molecule has 1 fully saturated rings. The highest BCUT2D eigenvalue weighted by Crippen LogP contribution is 2.66. The zero-order valence-electron chi connectivity index (χ0n) is 15.8. The van der Waals surface area contributed by atoms with Gasteiger partial charge < -0.3 is 10.0 Å². The van der Waals surface area contributed by atoms with Gasteiger partial charge in [-0.15, -0.1) is 0 Å². The van der Waals surface area contributed by atoms with Crippen molar-refractivity contribution in [3.05, 3.63) is 101 Å². The summed E-state index contributed by atoms with van der Waals surface area (Å²) in [5, 5.41) is 9.43. The molecular formula is C24H17F2NO3. The molecular weight excluding hydrogens is 388 g/mol. The summed E-state index contributed by atoms with van der Waals surface area (Å²) in [7, 11) is 0. The maximum Gasteiger partial charge on any atom is 0.335 e. The van der Waals surface area contributed by atoms with Crippen molar-refractivity contribution in [2.24, 2.45) is 0 Å². The van der Waals surface area contributed by atoms with Crippen LogP contribution in [0.4, 0.5) is 14.5 Å². The first kappa shape index (κ1) is 18.5. The van der Waals surface area contributed by atoms with Crippen molar-refractivity contribution in [3.8, 4) is 0 Å². The van der Waals surface area contributed by atoms with Gasteiger partial charge in [0.05, 0.1) is 17.5 Å². The van der Waals surface area contributed by atoms with Crippen LogP contribution in [-0.2, 0) is 16.8 Å². The second kappa shape index (κ2) is 6.49. The van der Waals surface area contributed by atoms with Crippen molar-refractivity contribution in [2.75, 3.05) is 4.90 Å². The molecule has 30 heavy (non-hydrogen) atoms. The zero-order valence-corrected chi connectivity index (χ0v) is 15.8. The van der Waals surface area contributed by atoms with E-state index in [0.29, 0.717) is 23.2 Å². The normalized spacial score (nSPS) is 21.7. The van der Waals surface area contributed by atoms with Gasteiger partial charge in [0.2, 0.25) is 5.91 Å². The number of carbonyl (C=O) groups is 2. The first-order valence-corrected chi connectivity index (χ1v) is 9.60. The third kappa shape index (κ3) is 2.64. The minimum atomic E-state index is -1.08. The lowest BCUT2D eigenvalue weighted by molar-refractivity contribution is -0.120. The van der Waals surface area contributed by atoms with Crippen molar-refractivity contribution in [3.63, 3.8) is 0 Å². The Balaban J connectivity index is 1.60. The Hall–Kier alpha value is -3.54. The smallest absolute Gasteiger partial charge is 0.335 e. The number of amides is 1. The van der Waals surface area contributed by atoms with Crippen molar-refractivity contribution in [2.45, 2.75) is 24.3 Å². The van der Waals surface area contributed by atoms with Gasteiger partial charge in [0.1, 0.15) is 11.6 Å². The molecule has 2 aliphatic rings. The highest BCUT2D eigenvalue weighted by atomic mass is 19.1. The minimum Gasteiger partial charge on any atom is -0.478 e. The van der Waals surface area contributed by atoms with Crippen molar-refractivity contribution >= 4 is 17.6 Å². The van der Waals surface area contributed by atoms with Gasteiger partial charge in [0.15, 0.2) is 0 Å². The molecule has 0 bridgehead atoms. The van der Waals surface area contributed by atoms with Gasteiger partial charge in [-0.1, -0.05) is 30.3 Å². The summed E-state index contributed by atoms with van der Waals surface area (Å²) in [5.74, 6) is -2.20. The molecule has 1 spiro atoms. The number of hydrogen-bond donors (Lipinski definition) is 1. The number of carboxylic acid groups (broad SMARTS) is 1. The quantitative estimate of drug-likeness (QED) is 0.688.